The quantitative estimate of drug-likeness (QED) is 0.608. The lowest BCUT2D eigenvalue weighted by molar-refractivity contribution is -0.122. The minimum atomic E-state index is -0.366. The van der Waals surface area contributed by atoms with Crippen LogP contribution >= 0.6 is 0 Å². The van der Waals surface area contributed by atoms with Crippen LogP contribution in [0.3, 0.4) is 0 Å². The lowest BCUT2D eigenvalue weighted by Gasteiger charge is -2.27. The molecule has 0 aromatic heterocycles. The summed E-state index contributed by atoms with van der Waals surface area (Å²) in [4.78, 5) is 11.4. The van der Waals surface area contributed by atoms with Crippen molar-refractivity contribution in [1.29, 1.82) is 0 Å². The smallest absolute Gasteiger partial charge is 0.223 e. The fourth-order valence-electron chi connectivity index (χ4n) is 2.09. The van der Waals surface area contributed by atoms with E-state index in [1.165, 1.54) is 0 Å². The Labute approximate surface area is 90.4 Å². The molecule has 86 valence electrons. The lowest BCUT2D eigenvalue weighted by Crippen LogP contribution is -2.41. The van der Waals surface area contributed by atoms with Crippen LogP contribution in [0.25, 0.3) is 0 Å². The average Bonchev–Trinajstić information content (AvgIpc) is 3.10. The second kappa shape index (κ2) is 4.94. The monoisotopic (exact) mass is 212 g/mol. The summed E-state index contributed by atoms with van der Waals surface area (Å²) in [5.41, 5.74) is 0. The van der Waals surface area contributed by atoms with Gasteiger partial charge in [0.2, 0.25) is 5.91 Å². The number of hydrogen-bond donors (Lipinski definition) is 3. The van der Waals surface area contributed by atoms with E-state index in [0.717, 1.165) is 38.8 Å². The van der Waals surface area contributed by atoms with Gasteiger partial charge in [-0.15, -0.1) is 0 Å². The van der Waals surface area contributed by atoms with Crippen molar-refractivity contribution >= 4 is 5.91 Å². The molecule has 1 aliphatic carbocycles. The molecule has 15 heavy (non-hydrogen) atoms. The van der Waals surface area contributed by atoms with Crippen LogP contribution in [-0.2, 0) is 4.79 Å². The second-order valence-electron chi connectivity index (χ2n) is 4.67. The number of piperidine rings is 1. The molecule has 2 fully saturated rings. The van der Waals surface area contributed by atoms with Gasteiger partial charge in [-0.2, -0.15) is 0 Å². The third-order valence-corrected chi connectivity index (χ3v) is 3.36. The average molecular weight is 212 g/mol. The van der Waals surface area contributed by atoms with Crippen molar-refractivity contribution in [2.45, 2.75) is 31.8 Å². The van der Waals surface area contributed by atoms with Gasteiger partial charge in [0.15, 0.2) is 0 Å². The topological polar surface area (TPSA) is 61.4 Å². The zero-order valence-electron chi connectivity index (χ0n) is 9.04. The predicted octanol–water partition coefficient (Wildman–Crippen LogP) is -0.127. The molecule has 4 heteroatoms. The number of aliphatic hydroxyl groups is 1. The van der Waals surface area contributed by atoms with Gasteiger partial charge in [0.05, 0.1) is 6.10 Å². The molecule has 1 saturated heterocycles. The van der Waals surface area contributed by atoms with Crippen molar-refractivity contribution < 1.29 is 9.90 Å². The molecule has 0 aromatic carbocycles. The summed E-state index contributed by atoms with van der Waals surface area (Å²) >= 11 is 0. The summed E-state index contributed by atoms with van der Waals surface area (Å²) in [5, 5.41) is 16.0. The number of nitrogens with one attached hydrogen (secondary N) is 2. The Hall–Kier alpha value is -0.610. The Balaban J connectivity index is 1.66. The summed E-state index contributed by atoms with van der Waals surface area (Å²) in [7, 11) is 0. The maximum absolute atomic E-state index is 11.4. The summed E-state index contributed by atoms with van der Waals surface area (Å²) < 4.78 is 0. The van der Waals surface area contributed by atoms with Gasteiger partial charge in [-0.25, -0.2) is 0 Å². The Morgan fingerprint density at radius 1 is 1.33 bits per heavy atom. The maximum atomic E-state index is 11.4. The molecular formula is C11H20N2O2. The fourth-order valence-corrected chi connectivity index (χ4v) is 2.09. The first kappa shape index (κ1) is 10.9. The lowest BCUT2D eigenvalue weighted by atomic mass is 9.92. The zero-order valence-corrected chi connectivity index (χ0v) is 9.04. The van der Waals surface area contributed by atoms with Crippen LogP contribution in [0.4, 0.5) is 0 Å². The zero-order chi connectivity index (χ0) is 10.7. The number of hydrogen-bond acceptors (Lipinski definition) is 3. The normalized spacial score (nSPS) is 24.9. The predicted molar refractivity (Wildman–Crippen MR) is 57.3 cm³/mol. The molecule has 0 aromatic rings. The number of rotatable bonds is 4. The van der Waals surface area contributed by atoms with E-state index < -0.39 is 0 Å². The Kier molecular flexibility index (Phi) is 3.59. The van der Waals surface area contributed by atoms with Gasteiger partial charge in [-0.05, 0) is 44.7 Å². The fraction of sp³-hybridized carbons (Fsp3) is 0.909. The maximum Gasteiger partial charge on any atom is 0.223 e. The molecule has 1 atom stereocenters. The molecule has 2 aliphatic rings. The van der Waals surface area contributed by atoms with Gasteiger partial charge in [-0.3, -0.25) is 4.79 Å². The first-order chi connectivity index (χ1) is 7.27. The van der Waals surface area contributed by atoms with Crippen molar-refractivity contribution in [3.63, 3.8) is 0 Å². The van der Waals surface area contributed by atoms with Gasteiger partial charge in [0.1, 0.15) is 0 Å². The van der Waals surface area contributed by atoms with Crippen LogP contribution < -0.4 is 10.6 Å². The Morgan fingerprint density at radius 3 is 2.60 bits per heavy atom. The van der Waals surface area contributed by atoms with Crippen molar-refractivity contribution in [2.24, 2.45) is 11.8 Å². The minimum Gasteiger partial charge on any atom is -0.391 e. The van der Waals surface area contributed by atoms with Crippen molar-refractivity contribution in [1.82, 2.24) is 10.6 Å². The molecule has 1 saturated carbocycles. The van der Waals surface area contributed by atoms with Crippen LogP contribution in [0.15, 0.2) is 0 Å². The summed E-state index contributed by atoms with van der Waals surface area (Å²) in [6.45, 7) is 2.40. The molecule has 1 heterocycles. The highest BCUT2D eigenvalue weighted by Gasteiger charge is 2.30. The van der Waals surface area contributed by atoms with Gasteiger partial charge in [0, 0.05) is 12.5 Å². The van der Waals surface area contributed by atoms with Crippen molar-refractivity contribution in [2.75, 3.05) is 19.6 Å². The molecule has 0 spiro atoms. The van der Waals surface area contributed by atoms with Gasteiger partial charge < -0.3 is 15.7 Å². The Bertz CT molecular complexity index is 223. The largest absolute Gasteiger partial charge is 0.391 e. The molecule has 0 bridgehead atoms. The van der Waals surface area contributed by atoms with Crippen LogP contribution in [-0.4, -0.2) is 36.8 Å². The van der Waals surface area contributed by atoms with E-state index in [4.69, 9.17) is 0 Å². The molecule has 1 aliphatic heterocycles. The molecule has 2 rings (SSSR count). The molecule has 0 radical (unpaired) electrons. The van der Waals surface area contributed by atoms with Crippen LogP contribution in [0.1, 0.15) is 25.7 Å². The van der Waals surface area contributed by atoms with E-state index in [-0.39, 0.29) is 17.9 Å². The molecule has 1 unspecified atom stereocenters. The molecule has 1 amide bonds. The SMILES string of the molecule is O=C(NCC(O)C1CCNCC1)C1CC1. The van der Waals surface area contributed by atoms with Gasteiger partial charge >= 0.3 is 0 Å². The first-order valence-corrected chi connectivity index (χ1v) is 5.94. The second-order valence-corrected chi connectivity index (χ2v) is 4.67. The van der Waals surface area contributed by atoms with Crippen molar-refractivity contribution in [3.8, 4) is 0 Å². The van der Waals surface area contributed by atoms with E-state index in [2.05, 4.69) is 10.6 Å². The van der Waals surface area contributed by atoms with Gasteiger partial charge in [0.25, 0.3) is 0 Å². The van der Waals surface area contributed by atoms with Crippen LogP contribution in [0.5, 0.6) is 0 Å². The van der Waals surface area contributed by atoms with Crippen LogP contribution in [0.2, 0.25) is 0 Å². The third kappa shape index (κ3) is 3.18. The highest BCUT2D eigenvalue weighted by atomic mass is 16.3. The van der Waals surface area contributed by atoms with Gasteiger partial charge in [-0.1, -0.05) is 0 Å². The Morgan fingerprint density at radius 2 is 2.00 bits per heavy atom. The number of carbonyl (C=O) groups excluding carboxylic acids is 1. The summed E-state index contributed by atoms with van der Waals surface area (Å²) in [6, 6.07) is 0. The van der Waals surface area contributed by atoms with E-state index >= 15 is 0 Å². The number of carbonyl (C=O) groups is 1. The molecule has 3 N–H and O–H groups in total. The number of amides is 1. The summed E-state index contributed by atoms with van der Waals surface area (Å²) in [5.74, 6) is 0.721. The van der Waals surface area contributed by atoms with E-state index in [0.29, 0.717) is 12.5 Å². The number of aliphatic hydroxyl groups excluding tert-OH is 1. The standard InChI is InChI=1S/C11H20N2O2/c14-10(8-3-5-12-6-4-8)7-13-11(15)9-1-2-9/h8-10,12,14H,1-7H2,(H,13,15). The molecular weight excluding hydrogens is 192 g/mol. The van der Waals surface area contributed by atoms with E-state index in [1.54, 1.807) is 0 Å². The van der Waals surface area contributed by atoms with E-state index in [9.17, 15) is 9.90 Å². The van der Waals surface area contributed by atoms with Crippen LogP contribution in [0, 0.1) is 11.8 Å². The first-order valence-electron chi connectivity index (χ1n) is 5.94. The van der Waals surface area contributed by atoms with Crippen molar-refractivity contribution in [3.05, 3.63) is 0 Å². The highest BCUT2D eigenvalue weighted by Crippen LogP contribution is 2.28. The summed E-state index contributed by atoms with van der Waals surface area (Å²) in [6.07, 6.45) is 3.71. The third-order valence-electron chi connectivity index (χ3n) is 3.36. The minimum absolute atomic E-state index is 0.128. The molecule has 4 nitrogen and oxygen atoms in total. The highest BCUT2D eigenvalue weighted by molar-refractivity contribution is 5.80. The van der Waals surface area contributed by atoms with E-state index in [1.807, 2.05) is 0 Å².